The molecule has 1 atom stereocenters. The monoisotopic (exact) mass is 357 g/mol. The molecule has 0 heterocycles. The van der Waals surface area contributed by atoms with Crippen molar-refractivity contribution < 1.29 is 18.3 Å². The van der Waals surface area contributed by atoms with Gasteiger partial charge < -0.3 is 15.2 Å². The highest BCUT2D eigenvalue weighted by molar-refractivity contribution is 9.10. The van der Waals surface area contributed by atoms with Crippen molar-refractivity contribution in [3.63, 3.8) is 0 Å². The van der Waals surface area contributed by atoms with Crippen LogP contribution in [-0.4, -0.2) is 14.2 Å². The van der Waals surface area contributed by atoms with E-state index in [0.29, 0.717) is 21.5 Å². The molecule has 0 radical (unpaired) electrons. The van der Waals surface area contributed by atoms with Crippen LogP contribution in [0, 0.1) is 11.6 Å². The highest BCUT2D eigenvalue weighted by atomic mass is 79.9. The van der Waals surface area contributed by atoms with E-state index in [1.807, 2.05) is 0 Å². The van der Waals surface area contributed by atoms with E-state index < -0.39 is 17.7 Å². The Morgan fingerprint density at radius 1 is 1.00 bits per heavy atom. The fourth-order valence-electron chi connectivity index (χ4n) is 2.03. The summed E-state index contributed by atoms with van der Waals surface area (Å²) < 4.78 is 37.9. The minimum Gasteiger partial charge on any atom is -0.493 e. The van der Waals surface area contributed by atoms with Gasteiger partial charge in [0.2, 0.25) is 0 Å². The van der Waals surface area contributed by atoms with E-state index in [0.717, 1.165) is 6.07 Å². The first-order valence-corrected chi connectivity index (χ1v) is 6.89. The van der Waals surface area contributed by atoms with Crippen LogP contribution in [0.3, 0.4) is 0 Å². The van der Waals surface area contributed by atoms with E-state index in [-0.39, 0.29) is 5.56 Å². The highest BCUT2D eigenvalue weighted by Crippen LogP contribution is 2.37. The van der Waals surface area contributed by atoms with Crippen LogP contribution < -0.4 is 15.2 Å². The normalized spacial score (nSPS) is 12.1. The van der Waals surface area contributed by atoms with Crippen LogP contribution in [0.5, 0.6) is 11.5 Å². The number of benzene rings is 2. The third kappa shape index (κ3) is 3.16. The lowest BCUT2D eigenvalue weighted by atomic mass is 9.98. The number of halogens is 3. The van der Waals surface area contributed by atoms with Crippen LogP contribution in [0.15, 0.2) is 34.8 Å². The van der Waals surface area contributed by atoms with E-state index in [4.69, 9.17) is 15.2 Å². The molecule has 2 aromatic carbocycles. The van der Waals surface area contributed by atoms with Gasteiger partial charge in [-0.3, -0.25) is 0 Å². The molecule has 3 nitrogen and oxygen atoms in total. The molecule has 0 amide bonds. The van der Waals surface area contributed by atoms with Gasteiger partial charge in [0.05, 0.1) is 20.3 Å². The zero-order valence-corrected chi connectivity index (χ0v) is 13.1. The number of nitrogens with two attached hydrogens (primary N) is 1. The molecule has 0 spiro atoms. The summed E-state index contributed by atoms with van der Waals surface area (Å²) in [5, 5.41) is 0. The van der Waals surface area contributed by atoms with Gasteiger partial charge >= 0.3 is 0 Å². The molecule has 112 valence electrons. The average molecular weight is 358 g/mol. The number of hydrogen-bond donors (Lipinski definition) is 1. The predicted octanol–water partition coefficient (Wildman–Crippen LogP) is 3.79. The number of rotatable bonds is 4. The zero-order chi connectivity index (χ0) is 15.6. The highest BCUT2D eigenvalue weighted by Gasteiger charge is 2.19. The first-order valence-electron chi connectivity index (χ1n) is 6.10. The summed E-state index contributed by atoms with van der Waals surface area (Å²) in [7, 11) is 3.02. The van der Waals surface area contributed by atoms with Crippen LogP contribution in [-0.2, 0) is 0 Å². The minimum absolute atomic E-state index is 0.198. The largest absolute Gasteiger partial charge is 0.493 e. The van der Waals surface area contributed by atoms with Gasteiger partial charge in [-0.05, 0) is 23.8 Å². The third-order valence-electron chi connectivity index (χ3n) is 3.14. The van der Waals surface area contributed by atoms with Crippen molar-refractivity contribution in [2.45, 2.75) is 6.04 Å². The SMILES string of the molecule is COc1cc(Br)c(C(N)c2ccc(F)cc2F)cc1OC. The first kappa shape index (κ1) is 15.7. The topological polar surface area (TPSA) is 44.5 Å². The molecule has 2 rings (SSSR count). The van der Waals surface area contributed by atoms with E-state index in [1.54, 1.807) is 12.1 Å². The third-order valence-corrected chi connectivity index (χ3v) is 3.82. The van der Waals surface area contributed by atoms with Gasteiger partial charge in [0.25, 0.3) is 0 Å². The quantitative estimate of drug-likeness (QED) is 0.905. The molecule has 0 fully saturated rings. The van der Waals surface area contributed by atoms with Gasteiger partial charge in [-0.15, -0.1) is 0 Å². The summed E-state index contributed by atoms with van der Waals surface area (Å²) in [6.07, 6.45) is 0. The average Bonchev–Trinajstić information content (AvgIpc) is 2.46. The first-order chi connectivity index (χ1) is 9.97. The maximum atomic E-state index is 13.9. The van der Waals surface area contributed by atoms with Gasteiger partial charge in [-0.25, -0.2) is 8.78 Å². The molecule has 2 N–H and O–H groups in total. The number of methoxy groups -OCH3 is 2. The Labute approximate surface area is 129 Å². The van der Waals surface area contributed by atoms with Gasteiger partial charge in [0, 0.05) is 16.1 Å². The van der Waals surface area contributed by atoms with Gasteiger partial charge in [-0.2, -0.15) is 0 Å². The Balaban J connectivity index is 2.50. The van der Waals surface area contributed by atoms with Crippen LogP contribution in [0.2, 0.25) is 0 Å². The minimum atomic E-state index is -0.764. The summed E-state index contributed by atoms with van der Waals surface area (Å²) in [6, 6.07) is 5.90. The van der Waals surface area contributed by atoms with E-state index in [1.165, 1.54) is 26.4 Å². The summed E-state index contributed by atoms with van der Waals surface area (Å²) in [4.78, 5) is 0. The van der Waals surface area contributed by atoms with Gasteiger partial charge in [0.15, 0.2) is 11.5 Å². The molecule has 6 heteroatoms. The van der Waals surface area contributed by atoms with E-state index in [9.17, 15) is 8.78 Å². The van der Waals surface area contributed by atoms with Gasteiger partial charge in [0.1, 0.15) is 11.6 Å². The van der Waals surface area contributed by atoms with Crippen LogP contribution >= 0.6 is 15.9 Å². The Hall–Kier alpha value is -1.66. The lowest BCUT2D eigenvalue weighted by molar-refractivity contribution is 0.354. The maximum absolute atomic E-state index is 13.9. The van der Waals surface area contributed by atoms with Crippen LogP contribution in [0.4, 0.5) is 8.78 Å². The smallest absolute Gasteiger partial charge is 0.161 e. The zero-order valence-electron chi connectivity index (χ0n) is 11.5. The Kier molecular flexibility index (Phi) is 4.80. The van der Waals surface area contributed by atoms with Crippen molar-refractivity contribution in [2.24, 2.45) is 5.73 Å². The molecule has 0 aromatic heterocycles. The molecule has 0 aliphatic rings. The molecule has 1 unspecified atom stereocenters. The van der Waals surface area contributed by atoms with E-state index >= 15 is 0 Å². The molecule has 0 aliphatic heterocycles. The van der Waals surface area contributed by atoms with Crippen molar-refractivity contribution in [1.29, 1.82) is 0 Å². The van der Waals surface area contributed by atoms with Crippen molar-refractivity contribution >= 4 is 15.9 Å². The fourth-order valence-corrected chi connectivity index (χ4v) is 2.60. The summed E-state index contributed by atoms with van der Waals surface area (Å²) in [5.41, 5.74) is 6.90. The molecular formula is C15H14BrF2NO2. The van der Waals surface area contributed by atoms with Crippen molar-refractivity contribution in [1.82, 2.24) is 0 Å². The Morgan fingerprint density at radius 2 is 1.62 bits per heavy atom. The molecule has 0 bridgehead atoms. The molecule has 0 saturated heterocycles. The predicted molar refractivity (Wildman–Crippen MR) is 79.6 cm³/mol. The van der Waals surface area contributed by atoms with E-state index in [2.05, 4.69) is 15.9 Å². The lowest BCUT2D eigenvalue weighted by Crippen LogP contribution is -2.14. The van der Waals surface area contributed by atoms with Crippen molar-refractivity contribution in [3.05, 3.63) is 57.6 Å². The van der Waals surface area contributed by atoms with Crippen molar-refractivity contribution in [3.8, 4) is 11.5 Å². The number of hydrogen-bond acceptors (Lipinski definition) is 3. The Morgan fingerprint density at radius 3 is 2.19 bits per heavy atom. The van der Waals surface area contributed by atoms with Crippen LogP contribution in [0.25, 0.3) is 0 Å². The summed E-state index contributed by atoms with van der Waals surface area (Å²) in [6.45, 7) is 0. The van der Waals surface area contributed by atoms with Crippen LogP contribution in [0.1, 0.15) is 17.2 Å². The molecule has 0 saturated carbocycles. The summed E-state index contributed by atoms with van der Waals surface area (Å²) >= 11 is 3.38. The molecule has 0 aliphatic carbocycles. The summed E-state index contributed by atoms with van der Waals surface area (Å²) in [5.74, 6) is -0.326. The second-order valence-corrected chi connectivity index (χ2v) is 5.23. The number of ether oxygens (including phenoxy) is 2. The standard InChI is InChI=1S/C15H14BrF2NO2/c1-20-13-6-10(11(16)7-14(13)21-2)15(19)9-4-3-8(17)5-12(9)18/h3-7,15H,19H2,1-2H3. The lowest BCUT2D eigenvalue weighted by Gasteiger charge is -2.18. The maximum Gasteiger partial charge on any atom is 0.161 e. The fraction of sp³-hybridized carbons (Fsp3) is 0.200. The Bertz CT molecular complexity index is 664. The molecular weight excluding hydrogens is 344 g/mol. The second-order valence-electron chi connectivity index (χ2n) is 4.37. The molecule has 21 heavy (non-hydrogen) atoms. The molecule has 2 aromatic rings. The van der Waals surface area contributed by atoms with Crippen molar-refractivity contribution in [2.75, 3.05) is 14.2 Å². The van der Waals surface area contributed by atoms with Gasteiger partial charge in [-0.1, -0.05) is 22.0 Å². The second kappa shape index (κ2) is 6.41.